The lowest BCUT2D eigenvalue weighted by Crippen LogP contribution is -2.41. The normalized spacial score (nSPS) is 16.8. The molecule has 0 spiro atoms. The molecule has 1 aliphatic heterocycles. The van der Waals surface area contributed by atoms with Gasteiger partial charge in [0.15, 0.2) is 17.4 Å². The molecule has 0 saturated heterocycles. The summed E-state index contributed by atoms with van der Waals surface area (Å²) < 4.78 is 7.69. The number of nitrogens with zero attached hydrogens (tertiary/aromatic N) is 4. The van der Waals surface area contributed by atoms with E-state index in [2.05, 4.69) is 10.2 Å². The number of furan rings is 1. The first-order chi connectivity index (χ1) is 12.0. The summed E-state index contributed by atoms with van der Waals surface area (Å²) in [6.07, 6.45) is 0. The molecule has 1 atom stereocenters. The van der Waals surface area contributed by atoms with Crippen LogP contribution in [0.25, 0.3) is 11.6 Å². The lowest BCUT2D eigenvalue weighted by atomic mass is 10.1. The molecule has 0 fully saturated rings. The van der Waals surface area contributed by atoms with Crippen LogP contribution < -0.4 is 0 Å². The zero-order chi connectivity index (χ0) is 17.6. The van der Waals surface area contributed by atoms with Crippen LogP contribution >= 0.6 is 11.6 Å². The van der Waals surface area contributed by atoms with Crippen molar-refractivity contribution in [3.05, 3.63) is 58.6 Å². The predicted molar refractivity (Wildman–Crippen MR) is 93.4 cm³/mol. The number of aryl methyl sites for hydroxylation is 1. The standard InChI is InChI=1S/C18H17ClN4O2/c1-11-3-8-15(25-11)17-21-20-16-12(2)22(9-10-23(16)17)18(24)13-4-6-14(19)7-5-13/h3-8,12H,9-10H2,1-2H3/t12-/m1/s1. The Balaban J connectivity index is 1.63. The molecule has 2 aromatic heterocycles. The van der Waals surface area contributed by atoms with Gasteiger partial charge in [0.05, 0.1) is 6.04 Å². The van der Waals surface area contributed by atoms with Crippen molar-refractivity contribution in [1.29, 1.82) is 0 Å². The highest BCUT2D eigenvalue weighted by atomic mass is 35.5. The van der Waals surface area contributed by atoms with E-state index < -0.39 is 0 Å². The van der Waals surface area contributed by atoms with Gasteiger partial charge in [-0.2, -0.15) is 0 Å². The first-order valence-electron chi connectivity index (χ1n) is 8.11. The van der Waals surface area contributed by atoms with E-state index >= 15 is 0 Å². The number of hydrogen-bond donors (Lipinski definition) is 0. The zero-order valence-corrected chi connectivity index (χ0v) is 14.7. The summed E-state index contributed by atoms with van der Waals surface area (Å²) >= 11 is 5.91. The fourth-order valence-electron chi connectivity index (χ4n) is 3.16. The Kier molecular flexibility index (Phi) is 3.84. The van der Waals surface area contributed by atoms with Gasteiger partial charge in [-0.1, -0.05) is 11.6 Å². The largest absolute Gasteiger partial charge is 0.458 e. The smallest absolute Gasteiger partial charge is 0.254 e. The molecule has 25 heavy (non-hydrogen) atoms. The Labute approximate surface area is 150 Å². The van der Waals surface area contributed by atoms with Gasteiger partial charge in [0.1, 0.15) is 5.76 Å². The molecule has 1 amide bonds. The van der Waals surface area contributed by atoms with Gasteiger partial charge in [-0.15, -0.1) is 10.2 Å². The van der Waals surface area contributed by atoms with Gasteiger partial charge in [0, 0.05) is 23.7 Å². The Morgan fingerprint density at radius 2 is 1.92 bits per heavy atom. The number of halogens is 1. The lowest BCUT2D eigenvalue weighted by molar-refractivity contribution is 0.0638. The summed E-state index contributed by atoms with van der Waals surface area (Å²) in [5.74, 6) is 2.96. The van der Waals surface area contributed by atoms with E-state index in [0.717, 1.165) is 11.6 Å². The number of carbonyl (C=O) groups is 1. The maximum atomic E-state index is 12.8. The highest BCUT2D eigenvalue weighted by Gasteiger charge is 2.32. The molecule has 0 bridgehead atoms. The van der Waals surface area contributed by atoms with E-state index in [-0.39, 0.29) is 11.9 Å². The number of benzene rings is 1. The quantitative estimate of drug-likeness (QED) is 0.702. The average Bonchev–Trinajstić information content (AvgIpc) is 3.21. The SMILES string of the molecule is Cc1ccc(-c2nnc3n2CCN(C(=O)c2ccc(Cl)cc2)[C@@H]3C)o1. The van der Waals surface area contributed by atoms with E-state index in [4.69, 9.17) is 16.0 Å². The van der Waals surface area contributed by atoms with E-state index in [0.29, 0.717) is 35.3 Å². The first-order valence-corrected chi connectivity index (χ1v) is 8.49. The second kappa shape index (κ2) is 6.04. The summed E-state index contributed by atoms with van der Waals surface area (Å²) in [6, 6.07) is 10.6. The summed E-state index contributed by atoms with van der Waals surface area (Å²) in [6.45, 7) is 5.07. The van der Waals surface area contributed by atoms with Gasteiger partial charge in [-0.3, -0.25) is 4.79 Å². The molecule has 0 saturated carbocycles. The molecule has 128 valence electrons. The predicted octanol–water partition coefficient (Wildman–Crippen LogP) is 3.72. The summed E-state index contributed by atoms with van der Waals surface area (Å²) in [7, 11) is 0. The molecule has 7 heteroatoms. The van der Waals surface area contributed by atoms with Crippen molar-refractivity contribution in [2.75, 3.05) is 6.54 Å². The molecular weight excluding hydrogens is 340 g/mol. The fourth-order valence-corrected chi connectivity index (χ4v) is 3.28. The third-order valence-corrected chi connectivity index (χ3v) is 4.75. The second-order valence-electron chi connectivity index (χ2n) is 6.13. The lowest BCUT2D eigenvalue weighted by Gasteiger charge is -2.33. The van der Waals surface area contributed by atoms with Crippen LogP contribution in [0.2, 0.25) is 5.02 Å². The van der Waals surface area contributed by atoms with Crippen molar-refractivity contribution in [1.82, 2.24) is 19.7 Å². The van der Waals surface area contributed by atoms with Crippen LogP contribution in [0, 0.1) is 6.92 Å². The zero-order valence-electron chi connectivity index (χ0n) is 13.9. The van der Waals surface area contributed by atoms with E-state index in [1.807, 2.05) is 35.4 Å². The molecular formula is C18H17ClN4O2. The minimum absolute atomic E-state index is 0.0335. The van der Waals surface area contributed by atoms with E-state index in [1.54, 1.807) is 24.3 Å². The third kappa shape index (κ3) is 2.72. The number of rotatable bonds is 2. The monoisotopic (exact) mass is 356 g/mol. The maximum Gasteiger partial charge on any atom is 0.254 e. The van der Waals surface area contributed by atoms with Gasteiger partial charge in [-0.05, 0) is 50.2 Å². The summed E-state index contributed by atoms with van der Waals surface area (Å²) in [5, 5.41) is 9.19. The number of hydrogen-bond acceptors (Lipinski definition) is 4. The molecule has 0 aliphatic carbocycles. The van der Waals surface area contributed by atoms with Crippen LogP contribution in [-0.2, 0) is 6.54 Å². The van der Waals surface area contributed by atoms with Crippen LogP contribution in [-0.4, -0.2) is 32.1 Å². The molecule has 3 aromatic rings. The van der Waals surface area contributed by atoms with Gasteiger partial charge in [0.2, 0.25) is 0 Å². The highest BCUT2D eigenvalue weighted by Crippen LogP contribution is 2.30. The number of amides is 1. The molecule has 0 radical (unpaired) electrons. The Morgan fingerprint density at radius 1 is 1.16 bits per heavy atom. The molecule has 6 nitrogen and oxygen atoms in total. The Hall–Kier alpha value is -2.60. The van der Waals surface area contributed by atoms with Crippen molar-refractivity contribution in [3.8, 4) is 11.6 Å². The van der Waals surface area contributed by atoms with Crippen molar-refractivity contribution in [2.45, 2.75) is 26.4 Å². The van der Waals surface area contributed by atoms with Gasteiger partial charge in [-0.25, -0.2) is 0 Å². The van der Waals surface area contributed by atoms with Crippen LogP contribution in [0.5, 0.6) is 0 Å². The van der Waals surface area contributed by atoms with Crippen LogP contribution in [0.1, 0.15) is 34.9 Å². The number of fused-ring (bicyclic) bond motifs is 1. The van der Waals surface area contributed by atoms with Crippen molar-refractivity contribution in [3.63, 3.8) is 0 Å². The molecule has 4 rings (SSSR count). The first kappa shape index (κ1) is 15.9. The minimum Gasteiger partial charge on any atom is -0.458 e. The second-order valence-corrected chi connectivity index (χ2v) is 6.56. The van der Waals surface area contributed by atoms with Gasteiger partial charge in [0.25, 0.3) is 5.91 Å². The molecule has 0 N–H and O–H groups in total. The van der Waals surface area contributed by atoms with Crippen LogP contribution in [0.15, 0.2) is 40.8 Å². The maximum absolute atomic E-state index is 12.8. The van der Waals surface area contributed by atoms with Crippen molar-refractivity contribution in [2.24, 2.45) is 0 Å². The van der Waals surface area contributed by atoms with Crippen molar-refractivity contribution < 1.29 is 9.21 Å². The Morgan fingerprint density at radius 3 is 2.60 bits per heavy atom. The molecule has 1 aliphatic rings. The van der Waals surface area contributed by atoms with Gasteiger partial charge >= 0.3 is 0 Å². The summed E-state index contributed by atoms with van der Waals surface area (Å²) in [5.41, 5.74) is 0.617. The summed E-state index contributed by atoms with van der Waals surface area (Å²) in [4.78, 5) is 14.6. The molecule has 0 unspecified atom stereocenters. The van der Waals surface area contributed by atoms with Crippen LogP contribution in [0.3, 0.4) is 0 Å². The highest BCUT2D eigenvalue weighted by molar-refractivity contribution is 6.30. The topological polar surface area (TPSA) is 64.2 Å². The molecule has 1 aromatic carbocycles. The Bertz CT molecular complexity index is 929. The van der Waals surface area contributed by atoms with Crippen molar-refractivity contribution >= 4 is 17.5 Å². The van der Waals surface area contributed by atoms with E-state index in [1.165, 1.54) is 0 Å². The van der Waals surface area contributed by atoms with Crippen LogP contribution in [0.4, 0.5) is 0 Å². The average molecular weight is 357 g/mol. The minimum atomic E-state index is -0.172. The fraction of sp³-hybridized carbons (Fsp3) is 0.278. The van der Waals surface area contributed by atoms with E-state index in [9.17, 15) is 4.79 Å². The number of aromatic nitrogens is 3. The van der Waals surface area contributed by atoms with Gasteiger partial charge < -0.3 is 13.9 Å². The molecule has 3 heterocycles. The third-order valence-electron chi connectivity index (χ3n) is 4.50. The number of carbonyl (C=O) groups excluding carboxylic acids is 1.